The van der Waals surface area contributed by atoms with E-state index in [1.165, 1.54) is 4.90 Å². The molecule has 0 aliphatic heterocycles. The Hall–Kier alpha value is -2.54. The van der Waals surface area contributed by atoms with Gasteiger partial charge in [-0.05, 0) is 31.2 Å². The maximum atomic E-state index is 12.5. The van der Waals surface area contributed by atoms with Crippen LogP contribution in [0.2, 0.25) is 0 Å². The number of carbonyl (C=O) groups is 2. The summed E-state index contributed by atoms with van der Waals surface area (Å²) in [5, 5.41) is 7.54. The van der Waals surface area contributed by atoms with E-state index in [1.807, 2.05) is 30.3 Å². The number of hydrogen-bond donors (Lipinski definition) is 1. The number of benzene rings is 1. The number of carbonyl (C=O) groups excluding carboxylic acids is 2. The zero-order chi connectivity index (χ0) is 20.9. The van der Waals surface area contributed by atoms with Gasteiger partial charge >= 0.3 is 0 Å². The summed E-state index contributed by atoms with van der Waals surface area (Å²) in [4.78, 5) is 25.7. The number of anilines is 1. The zero-order valence-electron chi connectivity index (χ0n) is 17.0. The standard InChI is InChI=1S/C20H27ClN4O3/c1-6-24(19(27)12-21)13-18(26)22-17-11-16(20(2,3)4)23-25(17)14-7-9-15(28-5)10-8-14/h7-11H,6,12-13H2,1-5H3,(H,22,26). The first kappa shape index (κ1) is 21.8. The molecule has 0 aliphatic rings. The van der Waals surface area contributed by atoms with E-state index >= 15 is 0 Å². The van der Waals surface area contributed by atoms with Crippen LogP contribution in [0.25, 0.3) is 5.69 Å². The molecule has 28 heavy (non-hydrogen) atoms. The van der Waals surface area contributed by atoms with Gasteiger partial charge in [-0.1, -0.05) is 20.8 Å². The van der Waals surface area contributed by atoms with E-state index in [-0.39, 0.29) is 29.7 Å². The molecular formula is C20H27ClN4O3. The average Bonchev–Trinajstić information content (AvgIpc) is 3.09. The van der Waals surface area contributed by atoms with Gasteiger partial charge in [0.25, 0.3) is 0 Å². The van der Waals surface area contributed by atoms with Gasteiger partial charge in [-0.2, -0.15) is 5.10 Å². The van der Waals surface area contributed by atoms with Crippen molar-refractivity contribution in [2.24, 2.45) is 0 Å². The number of nitrogens with one attached hydrogen (secondary N) is 1. The highest BCUT2D eigenvalue weighted by Crippen LogP contribution is 2.27. The largest absolute Gasteiger partial charge is 0.497 e. The highest BCUT2D eigenvalue weighted by molar-refractivity contribution is 6.27. The van der Waals surface area contributed by atoms with Gasteiger partial charge in [0.2, 0.25) is 11.8 Å². The number of nitrogens with zero attached hydrogens (tertiary/aromatic N) is 3. The molecule has 2 aromatic rings. The molecule has 0 spiro atoms. The van der Waals surface area contributed by atoms with Crippen LogP contribution in [0.15, 0.2) is 30.3 Å². The molecule has 1 aromatic carbocycles. The van der Waals surface area contributed by atoms with Crippen LogP contribution in [0.1, 0.15) is 33.4 Å². The Morgan fingerprint density at radius 3 is 2.39 bits per heavy atom. The number of methoxy groups -OCH3 is 1. The quantitative estimate of drug-likeness (QED) is 0.716. The minimum atomic E-state index is -0.310. The Labute approximate surface area is 170 Å². The van der Waals surface area contributed by atoms with Crippen molar-refractivity contribution in [2.45, 2.75) is 33.1 Å². The fourth-order valence-electron chi connectivity index (χ4n) is 2.57. The Kier molecular flexibility index (Phi) is 7.07. The van der Waals surface area contributed by atoms with E-state index in [2.05, 4.69) is 31.2 Å². The van der Waals surface area contributed by atoms with Crippen LogP contribution in [0, 0.1) is 0 Å². The van der Waals surface area contributed by atoms with Crippen molar-refractivity contribution in [2.75, 3.05) is 31.4 Å². The lowest BCUT2D eigenvalue weighted by molar-refractivity contribution is -0.132. The minimum Gasteiger partial charge on any atom is -0.497 e. The average molecular weight is 407 g/mol. The SMILES string of the molecule is CCN(CC(=O)Nc1cc(C(C)(C)C)nn1-c1ccc(OC)cc1)C(=O)CCl. The summed E-state index contributed by atoms with van der Waals surface area (Å²) in [6, 6.07) is 9.24. The fraction of sp³-hybridized carbons (Fsp3) is 0.450. The van der Waals surface area contributed by atoms with Crippen LogP contribution < -0.4 is 10.1 Å². The molecule has 2 amide bonds. The van der Waals surface area contributed by atoms with Gasteiger partial charge < -0.3 is 15.0 Å². The van der Waals surface area contributed by atoms with E-state index in [4.69, 9.17) is 16.3 Å². The topological polar surface area (TPSA) is 76.5 Å². The fourth-order valence-corrected chi connectivity index (χ4v) is 2.74. The van der Waals surface area contributed by atoms with Crippen LogP contribution in [-0.4, -0.2) is 52.6 Å². The maximum absolute atomic E-state index is 12.5. The van der Waals surface area contributed by atoms with E-state index in [0.717, 1.165) is 17.1 Å². The van der Waals surface area contributed by atoms with E-state index < -0.39 is 0 Å². The van der Waals surface area contributed by atoms with Gasteiger partial charge in [0, 0.05) is 18.0 Å². The molecule has 2 rings (SSSR count). The molecule has 0 fully saturated rings. The first-order valence-electron chi connectivity index (χ1n) is 9.08. The molecule has 0 atom stereocenters. The summed E-state index contributed by atoms with van der Waals surface area (Å²) < 4.78 is 6.88. The lowest BCUT2D eigenvalue weighted by Gasteiger charge is -2.19. The van der Waals surface area contributed by atoms with Crippen LogP contribution in [0.5, 0.6) is 5.75 Å². The van der Waals surface area contributed by atoms with E-state index in [1.54, 1.807) is 18.7 Å². The molecule has 1 aromatic heterocycles. The number of aromatic nitrogens is 2. The van der Waals surface area contributed by atoms with Crippen molar-refractivity contribution in [3.05, 3.63) is 36.0 Å². The number of amides is 2. The van der Waals surface area contributed by atoms with Crippen LogP contribution in [0.4, 0.5) is 5.82 Å². The number of likely N-dealkylation sites (N-methyl/N-ethyl adjacent to an activating group) is 1. The van der Waals surface area contributed by atoms with Gasteiger partial charge in [-0.15, -0.1) is 11.6 Å². The van der Waals surface area contributed by atoms with Gasteiger partial charge in [-0.3, -0.25) is 9.59 Å². The number of rotatable bonds is 7. The molecular weight excluding hydrogens is 380 g/mol. The number of halogens is 1. The molecule has 8 heteroatoms. The molecule has 0 bridgehead atoms. The second kappa shape index (κ2) is 9.10. The molecule has 1 N–H and O–H groups in total. The minimum absolute atomic E-state index is 0.0688. The Balaban J connectivity index is 2.32. The summed E-state index contributed by atoms with van der Waals surface area (Å²) in [5.74, 6) is 0.526. The highest BCUT2D eigenvalue weighted by Gasteiger charge is 2.22. The van der Waals surface area contributed by atoms with Crippen LogP contribution in [-0.2, 0) is 15.0 Å². The molecule has 7 nitrogen and oxygen atoms in total. The summed E-state index contributed by atoms with van der Waals surface area (Å²) in [7, 11) is 1.61. The van der Waals surface area contributed by atoms with Crippen molar-refractivity contribution in [1.82, 2.24) is 14.7 Å². The van der Waals surface area contributed by atoms with Gasteiger partial charge in [-0.25, -0.2) is 4.68 Å². The third-order valence-corrected chi connectivity index (χ3v) is 4.47. The predicted octanol–water partition coefficient (Wildman–Crippen LogP) is 3.20. The third-order valence-electron chi connectivity index (χ3n) is 4.25. The Morgan fingerprint density at radius 1 is 1.25 bits per heavy atom. The summed E-state index contributed by atoms with van der Waals surface area (Å²) in [6.45, 7) is 8.30. The first-order valence-corrected chi connectivity index (χ1v) is 9.61. The summed E-state index contributed by atoms with van der Waals surface area (Å²) >= 11 is 5.61. The zero-order valence-corrected chi connectivity index (χ0v) is 17.7. The number of ether oxygens (including phenoxy) is 1. The molecule has 0 saturated carbocycles. The van der Waals surface area contributed by atoms with Crippen LogP contribution in [0.3, 0.4) is 0 Å². The molecule has 1 heterocycles. The van der Waals surface area contributed by atoms with Crippen molar-refractivity contribution in [3.63, 3.8) is 0 Å². The Bertz CT molecular complexity index is 825. The lowest BCUT2D eigenvalue weighted by atomic mass is 9.92. The molecule has 0 saturated heterocycles. The summed E-state index contributed by atoms with van der Waals surface area (Å²) in [5.41, 5.74) is 1.43. The van der Waals surface area contributed by atoms with Crippen molar-refractivity contribution in [3.8, 4) is 11.4 Å². The maximum Gasteiger partial charge on any atom is 0.245 e. The lowest BCUT2D eigenvalue weighted by Crippen LogP contribution is -2.38. The normalized spacial score (nSPS) is 11.2. The van der Waals surface area contributed by atoms with Gasteiger partial charge in [0.15, 0.2) is 0 Å². The van der Waals surface area contributed by atoms with Crippen molar-refractivity contribution < 1.29 is 14.3 Å². The van der Waals surface area contributed by atoms with Gasteiger partial charge in [0.05, 0.1) is 25.0 Å². The number of hydrogen-bond acceptors (Lipinski definition) is 4. The predicted molar refractivity (Wildman–Crippen MR) is 110 cm³/mol. The second-order valence-corrected chi connectivity index (χ2v) is 7.63. The Morgan fingerprint density at radius 2 is 1.89 bits per heavy atom. The monoisotopic (exact) mass is 406 g/mol. The molecule has 152 valence electrons. The van der Waals surface area contributed by atoms with Crippen molar-refractivity contribution >= 4 is 29.2 Å². The van der Waals surface area contributed by atoms with Gasteiger partial charge in [0.1, 0.15) is 17.4 Å². The molecule has 0 radical (unpaired) electrons. The van der Waals surface area contributed by atoms with Crippen LogP contribution >= 0.6 is 11.6 Å². The second-order valence-electron chi connectivity index (χ2n) is 7.36. The van der Waals surface area contributed by atoms with E-state index in [0.29, 0.717) is 12.4 Å². The third kappa shape index (κ3) is 5.25. The summed E-state index contributed by atoms with van der Waals surface area (Å²) in [6.07, 6.45) is 0. The highest BCUT2D eigenvalue weighted by atomic mass is 35.5. The number of alkyl halides is 1. The van der Waals surface area contributed by atoms with Crippen molar-refractivity contribution in [1.29, 1.82) is 0 Å². The molecule has 0 aliphatic carbocycles. The first-order chi connectivity index (χ1) is 13.2. The smallest absolute Gasteiger partial charge is 0.245 e. The van der Waals surface area contributed by atoms with E-state index in [9.17, 15) is 9.59 Å². The molecule has 0 unspecified atom stereocenters.